The van der Waals surface area contributed by atoms with Gasteiger partial charge < -0.3 is 9.84 Å². The predicted octanol–water partition coefficient (Wildman–Crippen LogP) is 2.41. The lowest BCUT2D eigenvalue weighted by Crippen LogP contribution is -2.01. The fraction of sp³-hybridized carbons (Fsp3) is 0.417. The highest BCUT2D eigenvalue weighted by Gasteiger charge is 2.10. The van der Waals surface area contributed by atoms with Crippen molar-refractivity contribution in [1.29, 1.82) is 0 Å². The molecule has 4 heteroatoms. The van der Waals surface area contributed by atoms with Crippen LogP contribution in [0.4, 0.5) is 4.39 Å². The molecule has 0 bridgehead atoms. The van der Waals surface area contributed by atoms with E-state index in [1.165, 1.54) is 13.2 Å². The Labute approximate surface area is 93.9 Å². The quantitative estimate of drug-likeness (QED) is 0.838. The maximum Gasteiger partial charge on any atom is 0.303 e. The molecule has 1 rings (SSSR count). The van der Waals surface area contributed by atoms with Crippen LogP contribution in [0.2, 0.25) is 0 Å². The summed E-state index contributed by atoms with van der Waals surface area (Å²) in [7, 11) is 1.48. The van der Waals surface area contributed by atoms with Crippen molar-refractivity contribution in [2.75, 3.05) is 7.11 Å². The van der Waals surface area contributed by atoms with E-state index in [2.05, 4.69) is 0 Å². The normalized spacial score (nSPS) is 10.2. The van der Waals surface area contributed by atoms with Gasteiger partial charge in [0.1, 0.15) is 11.6 Å². The number of carboxylic acids is 1. The van der Waals surface area contributed by atoms with Gasteiger partial charge in [0.2, 0.25) is 0 Å². The molecule has 16 heavy (non-hydrogen) atoms. The number of rotatable bonds is 5. The van der Waals surface area contributed by atoms with Gasteiger partial charge in [0.05, 0.1) is 7.11 Å². The minimum atomic E-state index is -0.890. The van der Waals surface area contributed by atoms with Gasteiger partial charge in [-0.2, -0.15) is 0 Å². The van der Waals surface area contributed by atoms with E-state index in [0.29, 0.717) is 29.7 Å². The molecule has 1 aromatic carbocycles. The average Bonchev–Trinajstić information content (AvgIpc) is 2.25. The summed E-state index contributed by atoms with van der Waals surface area (Å²) in [6.45, 7) is 1.85. The lowest BCUT2D eigenvalue weighted by molar-refractivity contribution is -0.136. The van der Waals surface area contributed by atoms with Gasteiger partial charge in [0.25, 0.3) is 0 Å². The SMILES string of the molecule is CCc1c(F)cc(CCC(=O)O)cc1OC. The Balaban J connectivity index is 2.96. The van der Waals surface area contributed by atoms with Crippen LogP contribution in [0.25, 0.3) is 0 Å². The molecular weight excluding hydrogens is 211 g/mol. The number of hydrogen-bond acceptors (Lipinski definition) is 2. The van der Waals surface area contributed by atoms with Gasteiger partial charge in [-0.05, 0) is 30.5 Å². The van der Waals surface area contributed by atoms with E-state index < -0.39 is 5.97 Å². The van der Waals surface area contributed by atoms with Crippen molar-refractivity contribution < 1.29 is 19.0 Å². The molecule has 3 nitrogen and oxygen atoms in total. The summed E-state index contributed by atoms with van der Waals surface area (Å²) in [5, 5.41) is 8.55. The van der Waals surface area contributed by atoms with Crippen molar-refractivity contribution >= 4 is 5.97 Å². The predicted molar refractivity (Wildman–Crippen MR) is 58.3 cm³/mol. The van der Waals surface area contributed by atoms with E-state index in [9.17, 15) is 9.18 Å². The van der Waals surface area contributed by atoms with Gasteiger partial charge in [-0.15, -0.1) is 0 Å². The summed E-state index contributed by atoms with van der Waals surface area (Å²) in [6, 6.07) is 3.08. The molecule has 0 saturated heterocycles. The van der Waals surface area contributed by atoms with Gasteiger partial charge in [0.15, 0.2) is 0 Å². The minimum Gasteiger partial charge on any atom is -0.496 e. The standard InChI is InChI=1S/C12H15FO3/c1-3-9-10(13)6-8(4-5-12(14)15)7-11(9)16-2/h6-7H,3-5H2,1-2H3,(H,14,15). The molecule has 0 aliphatic carbocycles. The Morgan fingerprint density at radius 1 is 1.50 bits per heavy atom. The van der Waals surface area contributed by atoms with E-state index >= 15 is 0 Å². The zero-order chi connectivity index (χ0) is 12.1. The van der Waals surface area contributed by atoms with Crippen LogP contribution in [0.3, 0.4) is 0 Å². The molecule has 0 saturated carbocycles. The first kappa shape index (κ1) is 12.5. The Kier molecular flexibility index (Phi) is 4.28. The third-order valence-corrected chi connectivity index (χ3v) is 2.42. The molecule has 88 valence electrons. The molecule has 1 aromatic rings. The van der Waals surface area contributed by atoms with E-state index in [0.717, 1.165) is 0 Å². The number of ether oxygens (including phenoxy) is 1. The fourth-order valence-electron chi connectivity index (χ4n) is 1.59. The number of benzene rings is 1. The summed E-state index contributed by atoms with van der Waals surface area (Å²) in [6.07, 6.45) is 0.856. The van der Waals surface area contributed by atoms with Crippen LogP contribution >= 0.6 is 0 Å². The van der Waals surface area contributed by atoms with Gasteiger partial charge in [-0.1, -0.05) is 6.92 Å². The summed E-state index contributed by atoms with van der Waals surface area (Å²) in [5.41, 5.74) is 1.18. The first-order chi connectivity index (χ1) is 7.58. The molecule has 0 radical (unpaired) electrons. The Bertz CT molecular complexity index is 388. The van der Waals surface area contributed by atoms with Gasteiger partial charge >= 0.3 is 5.97 Å². The summed E-state index contributed by atoms with van der Waals surface area (Å²) in [5.74, 6) is -0.732. The number of hydrogen-bond donors (Lipinski definition) is 1. The maximum absolute atomic E-state index is 13.6. The molecule has 0 amide bonds. The number of aryl methyl sites for hydroxylation is 1. The summed E-state index contributed by atoms with van der Waals surface area (Å²) >= 11 is 0. The molecule has 0 spiro atoms. The highest BCUT2D eigenvalue weighted by molar-refractivity contribution is 5.67. The zero-order valence-electron chi connectivity index (χ0n) is 9.42. The molecule has 0 aliphatic heterocycles. The zero-order valence-corrected chi connectivity index (χ0v) is 9.42. The van der Waals surface area contributed by atoms with Crippen molar-refractivity contribution in [3.63, 3.8) is 0 Å². The highest BCUT2D eigenvalue weighted by atomic mass is 19.1. The van der Waals surface area contributed by atoms with Crippen LogP contribution in [0.5, 0.6) is 5.75 Å². The molecule has 0 fully saturated rings. The first-order valence-electron chi connectivity index (χ1n) is 5.15. The molecule has 0 unspecified atom stereocenters. The molecule has 0 aliphatic rings. The number of aliphatic carboxylic acids is 1. The first-order valence-corrected chi connectivity index (χ1v) is 5.15. The highest BCUT2D eigenvalue weighted by Crippen LogP contribution is 2.24. The average molecular weight is 226 g/mol. The Hall–Kier alpha value is -1.58. The van der Waals surface area contributed by atoms with E-state index in [1.54, 1.807) is 6.07 Å². The summed E-state index contributed by atoms with van der Waals surface area (Å²) < 4.78 is 18.7. The molecule has 1 N–H and O–H groups in total. The smallest absolute Gasteiger partial charge is 0.303 e. The van der Waals surface area contributed by atoms with Crippen molar-refractivity contribution in [3.05, 3.63) is 29.1 Å². The molecule has 0 aromatic heterocycles. The van der Waals surface area contributed by atoms with Crippen molar-refractivity contribution in [1.82, 2.24) is 0 Å². The van der Waals surface area contributed by atoms with Gasteiger partial charge in [0, 0.05) is 12.0 Å². The van der Waals surface area contributed by atoms with E-state index in [4.69, 9.17) is 9.84 Å². The lowest BCUT2D eigenvalue weighted by Gasteiger charge is -2.10. The molecule has 0 atom stereocenters. The third kappa shape index (κ3) is 2.95. The Morgan fingerprint density at radius 3 is 2.69 bits per heavy atom. The van der Waals surface area contributed by atoms with Gasteiger partial charge in [-0.3, -0.25) is 4.79 Å². The summed E-state index contributed by atoms with van der Waals surface area (Å²) in [4.78, 5) is 10.4. The largest absolute Gasteiger partial charge is 0.496 e. The van der Waals surface area contributed by atoms with Crippen molar-refractivity contribution in [2.45, 2.75) is 26.2 Å². The Morgan fingerprint density at radius 2 is 2.19 bits per heavy atom. The molecule has 0 heterocycles. The van der Waals surface area contributed by atoms with Crippen LogP contribution in [0.15, 0.2) is 12.1 Å². The van der Waals surface area contributed by atoms with Crippen LogP contribution < -0.4 is 4.74 Å². The second-order valence-electron chi connectivity index (χ2n) is 3.51. The topological polar surface area (TPSA) is 46.5 Å². The lowest BCUT2D eigenvalue weighted by atomic mass is 10.0. The second-order valence-corrected chi connectivity index (χ2v) is 3.51. The maximum atomic E-state index is 13.6. The van der Waals surface area contributed by atoms with E-state index in [1.807, 2.05) is 6.92 Å². The van der Waals surface area contributed by atoms with E-state index in [-0.39, 0.29) is 12.2 Å². The van der Waals surface area contributed by atoms with Crippen LogP contribution in [-0.4, -0.2) is 18.2 Å². The number of carboxylic acid groups (broad SMARTS) is 1. The monoisotopic (exact) mass is 226 g/mol. The number of halogens is 1. The number of methoxy groups -OCH3 is 1. The van der Waals surface area contributed by atoms with Crippen LogP contribution in [-0.2, 0) is 17.6 Å². The van der Waals surface area contributed by atoms with Gasteiger partial charge in [-0.25, -0.2) is 4.39 Å². The number of carbonyl (C=O) groups is 1. The fourth-order valence-corrected chi connectivity index (χ4v) is 1.59. The molecular formula is C12H15FO3. The van der Waals surface area contributed by atoms with Crippen LogP contribution in [0.1, 0.15) is 24.5 Å². The minimum absolute atomic E-state index is 0.00589. The van der Waals surface area contributed by atoms with Crippen LogP contribution in [0, 0.1) is 5.82 Å². The van der Waals surface area contributed by atoms with Crippen molar-refractivity contribution in [2.24, 2.45) is 0 Å². The van der Waals surface area contributed by atoms with Crippen molar-refractivity contribution in [3.8, 4) is 5.75 Å². The second kappa shape index (κ2) is 5.49. The third-order valence-electron chi connectivity index (χ3n) is 2.42.